The Balaban J connectivity index is 1.68. The molecule has 3 aromatic rings. The summed E-state index contributed by atoms with van der Waals surface area (Å²) in [5.41, 5.74) is 3.38. The highest BCUT2D eigenvalue weighted by atomic mass is 35.5. The molecule has 1 amide bonds. The van der Waals surface area contributed by atoms with Gasteiger partial charge in [-0.25, -0.2) is 4.98 Å². The van der Waals surface area contributed by atoms with Crippen molar-refractivity contribution >= 4 is 23.2 Å². The summed E-state index contributed by atoms with van der Waals surface area (Å²) in [6.07, 6.45) is 5.41. The van der Waals surface area contributed by atoms with Crippen molar-refractivity contribution in [1.29, 1.82) is 0 Å². The fourth-order valence-electron chi connectivity index (χ4n) is 2.23. The molecule has 116 valence electrons. The summed E-state index contributed by atoms with van der Waals surface area (Å²) >= 11 is 6.07. The van der Waals surface area contributed by atoms with Crippen molar-refractivity contribution < 1.29 is 4.79 Å². The Morgan fingerprint density at radius 1 is 1.22 bits per heavy atom. The first kappa shape index (κ1) is 15.3. The van der Waals surface area contributed by atoms with Crippen LogP contribution in [0, 0.1) is 6.92 Å². The van der Waals surface area contributed by atoms with Crippen molar-refractivity contribution in [3.8, 4) is 0 Å². The van der Waals surface area contributed by atoms with Crippen molar-refractivity contribution in [2.45, 2.75) is 13.5 Å². The maximum Gasteiger partial charge on any atom is 0.255 e. The summed E-state index contributed by atoms with van der Waals surface area (Å²) < 4.78 is 1.98. The van der Waals surface area contributed by atoms with Crippen LogP contribution in [0.4, 0.5) is 5.69 Å². The molecule has 1 aromatic heterocycles. The number of imidazole rings is 1. The Kier molecular flexibility index (Phi) is 4.44. The van der Waals surface area contributed by atoms with E-state index in [1.54, 1.807) is 18.6 Å². The van der Waals surface area contributed by atoms with Crippen molar-refractivity contribution in [2.24, 2.45) is 0 Å². The zero-order valence-corrected chi connectivity index (χ0v) is 13.4. The molecule has 0 atom stereocenters. The van der Waals surface area contributed by atoms with Crippen LogP contribution < -0.4 is 5.32 Å². The standard InChI is InChI=1S/C18H16ClN3O/c1-13-2-7-16(10-17(13)19)21-18(23)15-5-3-14(4-6-15)11-22-9-8-20-12-22/h2-10,12H,11H2,1H3,(H,21,23). The summed E-state index contributed by atoms with van der Waals surface area (Å²) in [5, 5.41) is 3.49. The van der Waals surface area contributed by atoms with E-state index in [0.29, 0.717) is 16.3 Å². The van der Waals surface area contributed by atoms with Crippen LogP contribution in [0.5, 0.6) is 0 Å². The van der Waals surface area contributed by atoms with Crippen molar-refractivity contribution in [2.75, 3.05) is 5.32 Å². The molecule has 23 heavy (non-hydrogen) atoms. The van der Waals surface area contributed by atoms with Crippen molar-refractivity contribution in [3.63, 3.8) is 0 Å². The predicted octanol–water partition coefficient (Wildman–Crippen LogP) is 4.15. The molecule has 1 N–H and O–H groups in total. The zero-order valence-electron chi connectivity index (χ0n) is 12.7. The van der Waals surface area contributed by atoms with Gasteiger partial charge in [-0.1, -0.05) is 29.8 Å². The number of hydrogen-bond acceptors (Lipinski definition) is 2. The number of rotatable bonds is 4. The van der Waals surface area contributed by atoms with Crippen LogP contribution in [0.25, 0.3) is 0 Å². The van der Waals surface area contributed by atoms with Crippen LogP contribution in [0.15, 0.2) is 61.2 Å². The second-order valence-electron chi connectivity index (χ2n) is 5.35. The third-order valence-corrected chi connectivity index (χ3v) is 3.98. The number of carbonyl (C=O) groups is 1. The molecule has 0 bridgehead atoms. The van der Waals surface area contributed by atoms with Crippen LogP contribution in [-0.2, 0) is 6.54 Å². The number of aromatic nitrogens is 2. The number of aryl methyl sites for hydroxylation is 1. The first-order chi connectivity index (χ1) is 11.1. The topological polar surface area (TPSA) is 46.9 Å². The summed E-state index contributed by atoms with van der Waals surface area (Å²) in [7, 11) is 0. The molecule has 0 aliphatic carbocycles. The molecular weight excluding hydrogens is 310 g/mol. The van der Waals surface area contributed by atoms with Crippen molar-refractivity contribution in [3.05, 3.63) is 82.9 Å². The molecule has 4 nitrogen and oxygen atoms in total. The number of carbonyl (C=O) groups excluding carboxylic acids is 1. The lowest BCUT2D eigenvalue weighted by Crippen LogP contribution is -2.12. The Hall–Kier alpha value is -2.59. The molecule has 0 aliphatic rings. The minimum Gasteiger partial charge on any atom is -0.333 e. The van der Waals surface area contributed by atoms with E-state index >= 15 is 0 Å². The first-order valence-corrected chi connectivity index (χ1v) is 7.62. The number of hydrogen-bond donors (Lipinski definition) is 1. The van der Waals surface area contributed by atoms with E-state index in [1.165, 1.54) is 0 Å². The average molecular weight is 326 g/mol. The molecule has 0 fully saturated rings. The van der Waals surface area contributed by atoms with Crippen LogP contribution in [0.3, 0.4) is 0 Å². The lowest BCUT2D eigenvalue weighted by Gasteiger charge is -2.08. The molecule has 0 spiro atoms. The second kappa shape index (κ2) is 6.67. The van der Waals surface area contributed by atoms with Crippen LogP contribution in [0.1, 0.15) is 21.5 Å². The minimum absolute atomic E-state index is 0.154. The maximum atomic E-state index is 12.3. The molecule has 0 saturated heterocycles. The van der Waals surface area contributed by atoms with Gasteiger partial charge in [0, 0.05) is 35.2 Å². The second-order valence-corrected chi connectivity index (χ2v) is 5.76. The Morgan fingerprint density at radius 3 is 2.65 bits per heavy atom. The van der Waals surface area contributed by atoms with Gasteiger partial charge in [0.25, 0.3) is 5.91 Å². The van der Waals surface area contributed by atoms with Gasteiger partial charge in [-0.15, -0.1) is 0 Å². The molecule has 0 unspecified atom stereocenters. The van der Waals surface area contributed by atoms with E-state index in [-0.39, 0.29) is 5.91 Å². The fraction of sp³-hybridized carbons (Fsp3) is 0.111. The number of halogens is 1. The van der Waals surface area contributed by atoms with Gasteiger partial charge in [-0.3, -0.25) is 4.79 Å². The van der Waals surface area contributed by atoms with Crippen molar-refractivity contribution in [1.82, 2.24) is 9.55 Å². The van der Waals surface area contributed by atoms with Gasteiger partial charge in [-0.05, 0) is 42.3 Å². The maximum absolute atomic E-state index is 12.3. The SMILES string of the molecule is Cc1ccc(NC(=O)c2ccc(Cn3ccnc3)cc2)cc1Cl. The van der Waals surface area contributed by atoms with Gasteiger partial charge in [0.05, 0.1) is 6.33 Å². The molecule has 5 heteroatoms. The lowest BCUT2D eigenvalue weighted by atomic mass is 10.1. The van der Waals surface area contributed by atoms with E-state index < -0.39 is 0 Å². The third kappa shape index (κ3) is 3.79. The summed E-state index contributed by atoms with van der Waals surface area (Å²) in [4.78, 5) is 16.3. The average Bonchev–Trinajstić information content (AvgIpc) is 3.04. The number of amides is 1. The highest BCUT2D eigenvalue weighted by molar-refractivity contribution is 6.31. The normalized spacial score (nSPS) is 10.5. The van der Waals surface area contributed by atoms with E-state index in [4.69, 9.17) is 11.6 Å². The molecule has 1 heterocycles. The Bertz CT molecular complexity index is 811. The summed E-state index contributed by atoms with van der Waals surface area (Å²) in [5.74, 6) is -0.154. The van der Waals surface area contributed by atoms with Gasteiger partial charge in [-0.2, -0.15) is 0 Å². The first-order valence-electron chi connectivity index (χ1n) is 7.24. The predicted molar refractivity (Wildman–Crippen MR) is 91.9 cm³/mol. The molecule has 0 aliphatic heterocycles. The van der Waals surface area contributed by atoms with E-state index in [0.717, 1.165) is 17.7 Å². The largest absolute Gasteiger partial charge is 0.333 e. The summed E-state index contributed by atoms with van der Waals surface area (Å²) in [6.45, 7) is 2.66. The van der Waals surface area contributed by atoms with Crippen LogP contribution >= 0.6 is 11.6 Å². The van der Waals surface area contributed by atoms with E-state index in [2.05, 4.69) is 10.3 Å². The number of benzene rings is 2. The highest BCUT2D eigenvalue weighted by Crippen LogP contribution is 2.20. The summed E-state index contributed by atoms with van der Waals surface area (Å²) in [6, 6.07) is 13.0. The molecule has 2 aromatic carbocycles. The Labute approximate surface area is 139 Å². The monoisotopic (exact) mass is 325 g/mol. The Morgan fingerprint density at radius 2 is 2.00 bits per heavy atom. The zero-order chi connectivity index (χ0) is 16.2. The third-order valence-electron chi connectivity index (χ3n) is 3.57. The van der Waals surface area contributed by atoms with E-state index in [9.17, 15) is 4.79 Å². The van der Waals surface area contributed by atoms with E-state index in [1.807, 2.05) is 54.1 Å². The number of anilines is 1. The molecule has 3 rings (SSSR count). The molecule has 0 saturated carbocycles. The number of nitrogens with zero attached hydrogens (tertiary/aromatic N) is 2. The minimum atomic E-state index is -0.154. The fourth-order valence-corrected chi connectivity index (χ4v) is 2.41. The van der Waals surface area contributed by atoms with Crippen LogP contribution in [-0.4, -0.2) is 15.5 Å². The quantitative estimate of drug-likeness (QED) is 0.783. The van der Waals surface area contributed by atoms with Gasteiger partial charge < -0.3 is 9.88 Å². The van der Waals surface area contributed by atoms with Crippen LogP contribution in [0.2, 0.25) is 5.02 Å². The number of nitrogens with one attached hydrogen (secondary N) is 1. The van der Waals surface area contributed by atoms with Gasteiger partial charge in [0.1, 0.15) is 0 Å². The van der Waals surface area contributed by atoms with Gasteiger partial charge in [0.15, 0.2) is 0 Å². The highest BCUT2D eigenvalue weighted by Gasteiger charge is 2.07. The van der Waals surface area contributed by atoms with Gasteiger partial charge in [0.2, 0.25) is 0 Å². The lowest BCUT2D eigenvalue weighted by molar-refractivity contribution is 0.102. The smallest absolute Gasteiger partial charge is 0.255 e. The van der Waals surface area contributed by atoms with Gasteiger partial charge >= 0.3 is 0 Å². The molecule has 0 radical (unpaired) electrons. The molecular formula is C18H16ClN3O.